The number of hydrogen-bond donors (Lipinski definition) is 1. The average Bonchev–Trinajstić information content (AvgIpc) is 2.46. The van der Waals surface area contributed by atoms with Crippen molar-refractivity contribution in [2.45, 2.75) is 51.3 Å². The van der Waals surface area contributed by atoms with Gasteiger partial charge < -0.3 is 14.7 Å². The summed E-state index contributed by atoms with van der Waals surface area (Å²) in [5, 5.41) is 10.0. The number of aliphatic carboxylic acids is 1. The molecule has 6 nitrogen and oxygen atoms in total. The number of benzene rings is 1. The van der Waals surface area contributed by atoms with Gasteiger partial charge in [-0.25, -0.2) is 4.79 Å². The number of hydrogen-bond acceptors (Lipinski definition) is 4. The van der Waals surface area contributed by atoms with Crippen molar-refractivity contribution in [1.29, 1.82) is 0 Å². The van der Waals surface area contributed by atoms with E-state index in [1.165, 1.54) is 0 Å². The van der Waals surface area contributed by atoms with Gasteiger partial charge in [0.1, 0.15) is 5.60 Å². The topological polar surface area (TPSA) is 70.1 Å². The molecule has 1 aliphatic heterocycles. The van der Waals surface area contributed by atoms with Crippen LogP contribution in [0.3, 0.4) is 0 Å². The highest BCUT2D eigenvalue weighted by atomic mass is 35.5. The van der Waals surface area contributed by atoms with E-state index in [4.69, 9.17) is 16.3 Å². The fourth-order valence-electron chi connectivity index (χ4n) is 3.26. The molecule has 2 rings (SSSR count). The van der Waals surface area contributed by atoms with Gasteiger partial charge in [0.15, 0.2) is 0 Å². The monoisotopic (exact) mass is 382 g/mol. The van der Waals surface area contributed by atoms with E-state index >= 15 is 0 Å². The molecule has 0 spiro atoms. The van der Waals surface area contributed by atoms with Crippen molar-refractivity contribution < 1.29 is 19.4 Å². The maximum Gasteiger partial charge on any atom is 0.410 e. The van der Waals surface area contributed by atoms with Crippen LogP contribution in [0.25, 0.3) is 0 Å². The first-order chi connectivity index (χ1) is 11.9. The Labute approximate surface area is 159 Å². The van der Waals surface area contributed by atoms with Crippen molar-refractivity contribution in [1.82, 2.24) is 9.80 Å². The lowest BCUT2D eigenvalue weighted by molar-refractivity contribution is -0.146. The van der Waals surface area contributed by atoms with Gasteiger partial charge in [0.05, 0.1) is 12.0 Å². The fraction of sp³-hybridized carbons (Fsp3) is 0.579. The minimum absolute atomic E-state index is 0.0474. The smallest absolute Gasteiger partial charge is 0.410 e. The van der Waals surface area contributed by atoms with Gasteiger partial charge in [-0.05, 0) is 52.4 Å². The second kappa shape index (κ2) is 7.45. The van der Waals surface area contributed by atoms with Crippen molar-refractivity contribution in [3.63, 3.8) is 0 Å². The molecule has 1 heterocycles. The molecule has 0 radical (unpaired) electrons. The van der Waals surface area contributed by atoms with Crippen LogP contribution in [0.4, 0.5) is 4.79 Å². The Morgan fingerprint density at radius 1 is 1.38 bits per heavy atom. The van der Waals surface area contributed by atoms with Crippen LogP contribution in [-0.4, -0.2) is 58.2 Å². The maximum absolute atomic E-state index is 12.2. The van der Waals surface area contributed by atoms with E-state index in [1.54, 1.807) is 11.0 Å². The summed E-state index contributed by atoms with van der Waals surface area (Å²) < 4.78 is 5.38. The Hall–Kier alpha value is -1.79. The highest BCUT2D eigenvalue weighted by Gasteiger charge is 2.51. The lowest BCUT2D eigenvalue weighted by atomic mass is 9.83. The standard InChI is InChI=1S/C19H27ClN2O4/c1-13(14-7-6-8-15(20)9-14)21(5)19(10-16(23)24)11-22(12-19)17(25)26-18(2,3)4/h6-9,13H,10-12H2,1-5H3,(H,23,24). The number of nitrogens with zero attached hydrogens (tertiary/aromatic N) is 2. The predicted octanol–water partition coefficient (Wildman–Crippen LogP) is 3.80. The Kier molecular flexibility index (Phi) is 5.88. The largest absolute Gasteiger partial charge is 0.481 e. The van der Waals surface area contributed by atoms with Crippen molar-refractivity contribution in [3.8, 4) is 0 Å². The summed E-state index contributed by atoms with van der Waals surface area (Å²) in [6.07, 6.45) is -0.462. The maximum atomic E-state index is 12.2. The van der Waals surface area contributed by atoms with Crippen LogP contribution in [0, 0.1) is 0 Å². The molecule has 1 aromatic rings. The Bertz CT molecular complexity index is 680. The van der Waals surface area contributed by atoms with Gasteiger partial charge in [0.2, 0.25) is 0 Å². The lowest BCUT2D eigenvalue weighted by Gasteiger charge is -2.55. The molecule has 1 N–H and O–H groups in total. The first kappa shape index (κ1) is 20.5. The third-order valence-electron chi connectivity index (χ3n) is 4.76. The number of halogens is 1. The highest BCUT2D eigenvalue weighted by Crippen LogP contribution is 2.37. The molecule has 1 amide bonds. The third-order valence-corrected chi connectivity index (χ3v) is 5.00. The molecular formula is C19H27ClN2O4. The summed E-state index contributed by atoms with van der Waals surface area (Å²) in [6, 6.07) is 7.47. The van der Waals surface area contributed by atoms with Crippen LogP contribution < -0.4 is 0 Å². The highest BCUT2D eigenvalue weighted by molar-refractivity contribution is 6.30. The molecule has 1 unspecified atom stereocenters. The Balaban J connectivity index is 2.15. The summed E-state index contributed by atoms with van der Waals surface area (Å²) in [7, 11) is 1.89. The van der Waals surface area contributed by atoms with Crippen molar-refractivity contribution in [2.75, 3.05) is 20.1 Å². The van der Waals surface area contributed by atoms with Crippen LogP contribution in [0.5, 0.6) is 0 Å². The summed E-state index contributed by atoms with van der Waals surface area (Å²) >= 11 is 6.08. The van der Waals surface area contributed by atoms with Crippen LogP contribution in [-0.2, 0) is 9.53 Å². The number of carbonyl (C=O) groups excluding carboxylic acids is 1. The van der Waals surface area contributed by atoms with Gasteiger partial charge in [-0.2, -0.15) is 0 Å². The molecule has 0 aromatic heterocycles. The summed E-state index contributed by atoms with van der Waals surface area (Å²) in [6.45, 7) is 8.06. The van der Waals surface area contributed by atoms with Gasteiger partial charge in [-0.1, -0.05) is 23.7 Å². The molecule has 0 bridgehead atoms. The fourth-order valence-corrected chi connectivity index (χ4v) is 3.46. The van der Waals surface area contributed by atoms with Crippen molar-refractivity contribution in [3.05, 3.63) is 34.9 Å². The van der Waals surface area contributed by atoms with Gasteiger partial charge in [0.25, 0.3) is 0 Å². The molecule has 26 heavy (non-hydrogen) atoms. The molecule has 1 aliphatic rings. The molecule has 1 atom stereocenters. The number of rotatable bonds is 5. The first-order valence-electron chi connectivity index (χ1n) is 8.62. The summed E-state index contributed by atoms with van der Waals surface area (Å²) in [5.74, 6) is -0.890. The van der Waals surface area contributed by atoms with E-state index in [0.29, 0.717) is 18.1 Å². The molecule has 0 aliphatic carbocycles. The summed E-state index contributed by atoms with van der Waals surface area (Å²) in [5.41, 5.74) is -0.215. The van der Waals surface area contributed by atoms with Crippen LogP contribution >= 0.6 is 11.6 Å². The van der Waals surface area contributed by atoms with E-state index in [-0.39, 0.29) is 12.5 Å². The van der Waals surface area contributed by atoms with Crippen molar-refractivity contribution >= 4 is 23.7 Å². The Morgan fingerprint density at radius 2 is 2.00 bits per heavy atom. The molecule has 1 aromatic carbocycles. The third kappa shape index (κ3) is 4.68. The zero-order valence-electron chi connectivity index (χ0n) is 16.0. The minimum atomic E-state index is -0.890. The van der Waals surface area contributed by atoms with Crippen molar-refractivity contribution in [2.24, 2.45) is 0 Å². The zero-order chi connectivity index (χ0) is 19.7. The molecule has 7 heteroatoms. The van der Waals surface area contributed by atoms with Gasteiger partial charge in [0, 0.05) is 24.2 Å². The minimum Gasteiger partial charge on any atom is -0.481 e. The SMILES string of the molecule is CC(c1cccc(Cl)c1)N(C)C1(CC(=O)O)CN(C(=O)OC(C)(C)C)C1. The van der Waals surface area contributed by atoms with E-state index < -0.39 is 23.2 Å². The van der Waals surface area contributed by atoms with Crippen LogP contribution in [0.1, 0.15) is 45.7 Å². The predicted molar refractivity (Wildman–Crippen MR) is 100 cm³/mol. The average molecular weight is 383 g/mol. The van der Waals surface area contributed by atoms with Gasteiger partial charge >= 0.3 is 12.1 Å². The van der Waals surface area contributed by atoms with E-state index in [1.807, 2.05) is 57.8 Å². The molecule has 1 fully saturated rings. The molecule has 1 saturated heterocycles. The Morgan fingerprint density at radius 3 is 2.50 bits per heavy atom. The van der Waals surface area contributed by atoms with E-state index in [9.17, 15) is 14.7 Å². The normalized spacial score (nSPS) is 17.6. The number of amides is 1. The van der Waals surface area contributed by atoms with Gasteiger partial charge in [-0.3, -0.25) is 9.69 Å². The first-order valence-corrected chi connectivity index (χ1v) is 8.99. The quantitative estimate of drug-likeness (QED) is 0.838. The number of carbonyl (C=O) groups is 2. The number of carboxylic acid groups (broad SMARTS) is 1. The molecule has 144 valence electrons. The second-order valence-electron chi connectivity index (χ2n) is 7.97. The van der Waals surface area contributed by atoms with E-state index in [0.717, 1.165) is 5.56 Å². The zero-order valence-corrected chi connectivity index (χ0v) is 16.7. The van der Waals surface area contributed by atoms with Crippen LogP contribution in [0.15, 0.2) is 24.3 Å². The van der Waals surface area contributed by atoms with Gasteiger partial charge in [-0.15, -0.1) is 0 Å². The molecule has 0 saturated carbocycles. The van der Waals surface area contributed by atoms with E-state index in [2.05, 4.69) is 0 Å². The second-order valence-corrected chi connectivity index (χ2v) is 8.41. The van der Waals surface area contributed by atoms with Crippen LogP contribution in [0.2, 0.25) is 5.02 Å². The summed E-state index contributed by atoms with van der Waals surface area (Å²) in [4.78, 5) is 27.3. The number of carboxylic acids is 1. The number of likely N-dealkylation sites (tertiary alicyclic amines) is 1. The number of ether oxygens (including phenoxy) is 1. The molecular weight excluding hydrogens is 356 g/mol. The number of likely N-dealkylation sites (N-methyl/N-ethyl adjacent to an activating group) is 1. The lowest BCUT2D eigenvalue weighted by Crippen LogP contribution is -2.71.